The van der Waals surface area contributed by atoms with Crippen molar-refractivity contribution >= 4 is 16.8 Å². The van der Waals surface area contributed by atoms with Gasteiger partial charge in [0.1, 0.15) is 23.1 Å². The molecule has 1 saturated heterocycles. The van der Waals surface area contributed by atoms with Gasteiger partial charge in [0.2, 0.25) is 5.91 Å². The van der Waals surface area contributed by atoms with Gasteiger partial charge in [0.15, 0.2) is 0 Å². The Kier molecular flexibility index (Phi) is 5.42. The molecule has 144 valence electrons. The number of ether oxygens (including phenoxy) is 2. The molecule has 2 heterocycles. The lowest BCUT2D eigenvalue weighted by Crippen LogP contribution is -2.42. The lowest BCUT2D eigenvalue weighted by atomic mass is 10.1. The average molecular weight is 376 g/mol. The van der Waals surface area contributed by atoms with Crippen molar-refractivity contribution in [1.82, 2.24) is 9.88 Å². The number of amides is 1. The molecule has 0 saturated carbocycles. The summed E-state index contributed by atoms with van der Waals surface area (Å²) in [6, 6.07) is 17.6. The van der Waals surface area contributed by atoms with Crippen molar-refractivity contribution in [2.45, 2.75) is 25.4 Å². The molecule has 5 heteroatoms. The van der Waals surface area contributed by atoms with Crippen LogP contribution in [0.5, 0.6) is 11.5 Å². The van der Waals surface area contributed by atoms with E-state index in [1.165, 1.54) is 0 Å². The highest BCUT2D eigenvalue weighted by molar-refractivity contribution is 5.84. The molecule has 0 bridgehead atoms. The van der Waals surface area contributed by atoms with Gasteiger partial charge in [0.05, 0.1) is 13.5 Å². The monoisotopic (exact) mass is 376 g/mol. The van der Waals surface area contributed by atoms with Gasteiger partial charge in [-0.2, -0.15) is 0 Å². The van der Waals surface area contributed by atoms with Crippen molar-refractivity contribution < 1.29 is 14.3 Å². The minimum atomic E-state index is 0.109. The smallest absolute Gasteiger partial charge is 0.226 e. The third kappa shape index (κ3) is 4.09. The second-order valence-electron chi connectivity index (χ2n) is 7.05. The van der Waals surface area contributed by atoms with Crippen LogP contribution in [0.15, 0.2) is 60.8 Å². The van der Waals surface area contributed by atoms with E-state index in [-0.39, 0.29) is 12.0 Å². The first-order chi connectivity index (χ1) is 13.7. The number of pyridine rings is 1. The van der Waals surface area contributed by atoms with Crippen molar-refractivity contribution in [2.24, 2.45) is 0 Å². The minimum Gasteiger partial charge on any atom is -0.497 e. The van der Waals surface area contributed by atoms with Gasteiger partial charge in [-0.15, -0.1) is 0 Å². The van der Waals surface area contributed by atoms with E-state index in [4.69, 9.17) is 9.47 Å². The summed E-state index contributed by atoms with van der Waals surface area (Å²) in [6.45, 7) is 1.44. The maximum absolute atomic E-state index is 12.6. The summed E-state index contributed by atoms with van der Waals surface area (Å²) in [5, 5.41) is 1.08. The zero-order valence-corrected chi connectivity index (χ0v) is 16.0. The summed E-state index contributed by atoms with van der Waals surface area (Å²) in [5.41, 5.74) is 1.90. The zero-order chi connectivity index (χ0) is 19.3. The highest BCUT2D eigenvalue weighted by atomic mass is 16.5. The summed E-state index contributed by atoms with van der Waals surface area (Å²) in [5.74, 6) is 1.79. The highest BCUT2D eigenvalue weighted by Gasteiger charge is 2.24. The van der Waals surface area contributed by atoms with E-state index < -0.39 is 0 Å². The van der Waals surface area contributed by atoms with E-state index in [9.17, 15) is 4.79 Å². The minimum absolute atomic E-state index is 0.109. The number of aromatic nitrogens is 1. The van der Waals surface area contributed by atoms with Crippen LogP contribution in [-0.4, -0.2) is 42.1 Å². The van der Waals surface area contributed by atoms with Crippen molar-refractivity contribution in [2.75, 3.05) is 20.2 Å². The fourth-order valence-corrected chi connectivity index (χ4v) is 3.60. The van der Waals surface area contributed by atoms with E-state index in [0.717, 1.165) is 53.9 Å². The summed E-state index contributed by atoms with van der Waals surface area (Å²) in [6.07, 6.45) is 3.98. The van der Waals surface area contributed by atoms with Gasteiger partial charge in [-0.1, -0.05) is 30.3 Å². The van der Waals surface area contributed by atoms with Crippen LogP contribution in [0.2, 0.25) is 0 Å². The molecule has 0 N–H and O–H groups in total. The SMILES string of the molecule is COc1ccc(CC(=O)N2CCC(Oc3cccc4cccnc34)CC2)cc1. The van der Waals surface area contributed by atoms with E-state index in [2.05, 4.69) is 4.98 Å². The first kappa shape index (κ1) is 18.3. The first-order valence-corrected chi connectivity index (χ1v) is 9.64. The molecule has 1 aromatic heterocycles. The molecule has 1 aliphatic heterocycles. The molecule has 0 radical (unpaired) electrons. The predicted octanol–water partition coefficient (Wildman–Crippen LogP) is 3.86. The molecular formula is C23H24N2O3. The van der Waals surface area contributed by atoms with Crippen molar-refractivity contribution in [1.29, 1.82) is 0 Å². The number of rotatable bonds is 5. The molecule has 2 aromatic carbocycles. The van der Waals surface area contributed by atoms with E-state index in [1.807, 2.05) is 59.5 Å². The largest absolute Gasteiger partial charge is 0.497 e. The van der Waals surface area contributed by atoms with Crippen LogP contribution < -0.4 is 9.47 Å². The number of benzene rings is 2. The second kappa shape index (κ2) is 8.30. The van der Waals surface area contributed by atoms with Crippen LogP contribution in [0, 0.1) is 0 Å². The van der Waals surface area contributed by atoms with E-state index in [1.54, 1.807) is 13.3 Å². The molecule has 5 nitrogen and oxygen atoms in total. The topological polar surface area (TPSA) is 51.7 Å². The molecule has 1 fully saturated rings. The molecule has 28 heavy (non-hydrogen) atoms. The van der Waals surface area contributed by atoms with Crippen LogP contribution in [-0.2, 0) is 11.2 Å². The highest BCUT2D eigenvalue weighted by Crippen LogP contribution is 2.26. The molecule has 3 aromatic rings. The standard InChI is InChI=1S/C23H24N2O3/c1-27-19-9-7-17(8-10-19)16-22(26)25-14-11-20(12-15-25)28-21-6-2-4-18-5-3-13-24-23(18)21/h2-10,13,20H,11-12,14-16H2,1H3. The Morgan fingerprint density at radius 1 is 1.07 bits per heavy atom. The molecule has 0 spiro atoms. The number of nitrogens with zero attached hydrogens (tertiary/aromatic N) is 2. The number of fused-ring (bicyclic) bond motifs is 1. The van der Waals surface area contributed by atoms with Crippen LogP contribution in [0.25, 0.3) is 10.9 Å². The second-order valence-corrected chi connectivity index (χ2v) is 7.05. The summed E-state index contributed by atoms with van der Waals surface area (Å²) >= 11 is 0. The van der Waals surface area contributed by atoms with Crippen LogP contribution >= 0.6 is 0 Å². The third-order valence-corrected chi connectivity index (χ3v) is 5.20. The van der Waals surface area contributed by atoms with Gasteiger partial charge in [0.25, 0.3) is 0 Å². The molecular weight excluding hydrogens is 352 g/mol. The Labute approximate surface area is 164 Å². The lowest BCUT2D eigenvalue weighted by Gasteiger charge is -2.32. The number of piperidine rings is 1. The summed E-state index contributed by atoms with van der Waals surface area (Å²) in [7, 11) is 1.64. The Morgan fingerprint density at radius 3 is 2.57 bits per heavy atom. The zero-order valence-electron chi connectivity index (χ0n) is 16.0. The Hall–Kier alpha value is -3.08. The summed E-state index contributed by atoms with van der Waals surface area (Å²) in [4.78, 5) is 19.0. The van der Waals surface area contributed by atoms with Crippen molar-refractivity contribution in [3.05, 3.63) is 66.4 Å². The molecule has 1 aliphatic rings. The van der Waals surface area contributed by atoms with E-state index in [0.29, 0.717) is 6.42 Å². The number of para-hydroxylation sites is 1. The third-order valence-electron chi connectivity index (χ3n) is 5.20. The fourth-order valence-electron chi connectivity index (χ4n) is 3.60. The Balaban J connectivity index is 1.33. The number of hydrogen-bond donors (Lipinski definition) is 0. The van der Waals surface area contributed by atoms with Gasteiger partial charge in [-0.25, -0.2) is 0 Å². The van der Waals surface area contributed by atoms with E-state index >= 15 is 0 Å². The van der Waals surface area contributed by atoms with Gasteiger partial charge in [-0.3, -0.25) is 9.78 Å². The Bertz CT molecular complexity index is 942. The van der Waals surface area contributed by atoms with Gasteiger partial charge < -0.3 is 14.4 Å². The van der Waals surface area contributed by atoms with Gasteiger partial charge in [-0.05, 0) is 29.8 Å². The number of carbonyl (C=O) groups is 1. The lowest BCUT2D eigenvalue weighted by molar-refractivity contribution is -0.132. The normalized spacial score (nSPS) is 14.8. The molecule has 1 amide bonds. The molecule has 0 unspecified atom stereocenters. The maximum atomic E-state index is 12.6. The van der Waals surface area contributed by atoms with Crippen molar-refractivity contribution in [3.8, 4) is 11.5 Å². The van der Waals surface area contributed by atoms with Gasteiger partial charge in [0, 0.05) is 37.5 Å². The number of carbonyl (C=O) groups excluding carboxylic acids is 1. The predicted molar refractivity (Wildman–Crippen MR) is 109 cm³/mol. The summed E-state index contributed by atoms with van der Waals surface area (Å²) < 4.78 is 11.4. The van der Waals surface area contributed by atoms with Crippen LogP contribution in [0.1, 0.15) is 18.4 Å². The number of hydrogen-bond acceptors (Lipinski definition) is 4. The number of likely N-dealkylation sites (tertiary alicyclic amines) is 1. The quantitative estimate of drug-likeness (QED) is 0.679. The van der Waals surface area contributed by atoms with Gasteiger partial charge >= 0.3 is 0 Å². The van der Waals surface area contributed by atoms with Crippen LogP contribution in [0.3, 0.4) is 0 Å². The Morgan fingerprint density at radius 2 is 1.82 bits per heavy atom. The van der Waals surface area contributed by atoms with Crippen molar-refractivity contribution in [3.63, 3.8) is 0 Å². The average Bonchev–Trinajstić information content (AvgIpc) is 2.75. The number of methoxy groups -OCH3 is 1. The molecule has 0 aliphatic carbocycles. The molecule has 0 atom stereocenters. The first-order valence-electron chi connectivity index (χ1n) is 9.64. The molecule has 4 rings (SSSR count). The fraction of sp³-hybridized carbons (Fsp3) is 0.304. The van der Waals surface area contributed by atoms with Crippen LogP contribution in [0.4, 0.5) is 0 Å². The maximum Gasteiger partial charge on any atom is 0.226 e.